The van der Waals surface area contributed by atoms with E-state index in [4.69, 9.17) is 0 Å². The predicted octanol–water partition coefficient (Wildman–Crippen LogP) is 2.63. The third kappa shape index (κ3) is 2.82. The van der Waals surface area contributed by atoms with Crippen molar-refractivity contribution in [2.45, 2.75) is 6.18 Å². The highest BCUT2D eigenvalue weighted by molar-refractivity contribution is 6.00. The van der Waals surface area contributed by atoms with E-state index in [0.717, 1.165) is 0 Å². The van der Waals surface area contributed by atoms with Gasteiger partial charge >= 0.3 is 6.18 Å². The van der Waals surface area contributed by atoms with Crippen molar-refractivity contribution >= 4 is 11.5 Å². The van der Waals surface area contributed by atoms with Gasteiger partial charge in [0, 0.05) is 11.6 Å². The second-order valence-electron chi connectivity index (χ2n) is 4.39. The molecule has 16 heavy (non-hydrogen) atoms. The summed E-state index contributed by atoms with van der Waals surface area (Å²) in [6.07, 6.45) is -4.82. The van der Waals surface area contributed by atoms with E-state index in [-0.39, 0.29) is 5.56 Å². The van der Waals surface area contributed by atoms with Crippen LogP contribution in [0.3, 0.4) is 0 Å². The zero-order valence-corrected chi connectivity index (χ0v) is 9.30. The van der Waals surface area contributed by atoms with Gasteiger partial charge in [0.2, 0.25) is 0 Å². The molecule has 2 nitrogen and oxygen atoms in total. The van der Waals surface area contributed by atoms with Crippen LogP contribution in [0.1, 0.15) is 10.4 Å². The molecule has 0 radical (unpaired) electrons. The number of rotatable bonds is 2. The molecule has 5 heteroatoms. The van der Waals surface area contributed by atoms with Crippen molar-refractivity contribution in [3.05, 3.63) is 29.8 Å². The van der Waals surface area contributed by atoms with Crippen LogP contribution >= 0.6 is 0 Å². The minimum Gasteiger partial charge on any atom is -0.298 e. The summed E-state index contributed by atoms with van der Waals surface area (Å²) in [5, 5.41) is 0. The standard InChI is InChI=1S/C11H13F3NO/c1-15(2,3)9-6-4-5-8(7-9)10(16)11(12,13)14/h4-7H,1-3H3/q+1. The SMILES string of the molecule is C[N+](C)(C)c1cccc(C(=O)C(F)(F)F)c1. The second-order valence-corrected chi connectivity index (χ2v) is 4.39. The molecule has 0 saturated carbocycles. The first-order chi connectivity index (χ1) is 7.12. The van der Waals surface area contributed by atoms with Crippen LogP contribution in [0.5, 0.6) is 0 Å². The molecule has 0 fully saturated rings. The number of quaternary nitrogens is 1. The first kappa shape index (κ1) is 12.7. The molecule has 0 amide bonds. The van der Waals surface area contributed by atoms with Gasteiger partial charge in [-0.1, -0.05) is 12.1 Å². The zero-order chi connectivity index (χ0) is 12.6. The largest absolute Gasteiger partial charge is 0.454 e. The fourth-order valence-corrected chi connectivity index (χ4v) is 1.23. The number of carbonyl (C=O) groups is 1. The number of nitrogens with zero attached hydrogens (tertiary/aromatic N) is 1. The molecule has 0 spiro atoms. The van der Waals surface area contributed by atoms with Crippen LogP contribution in [0.4, 0.5) is 18.9 Å². The van der Waals surface area contributed by atoms with Gasteiger partial charge in [-0.3, -0.25) is 9.28 Å². The lowest BCUT2D eigenvalue weighted by atomic mass is 10.1. The Morgan fingerprint density at radius 3 is 2.19 bits per heavy atom. The Morgan fingerprint density at radius 2 is 1.75 bits per heavy atom. The zero-order valence-electron chi connectivity index (χ0n) is 9.30. The minimum atomic E-state index is -4.82. The molecule has 0 heterocycles. The summed E-state index contributed by atoms with van der Waals surface area (Å²) in [6.45, 7) is 0. The van der Waals surface area contributed by atoms with Gasteiger partial charge in [-0.2, -0.15) is 13.2 Å². The average molecular weight is 232 g/mol. The number of benzene rings is 1. The van der Waals surface area contributed by atoms with Crippen LogP contribution in [0.15, 0.2) is 24.3 Å². The third-order valence-corrected chi connectivity index (χ3v) is 2.14. The normalized spacial score (nSPS) is 12.6. The van der Waals surface area contributed by atoms with Crippen LogP contribution in [0.2, 0.25) is 0 Å². The quantitative estimate of drug-likeness (QED) is 0.566. The van der Waals surface area contributed by atoms with Gasteiger partial charge < -0.3 is 0 Å². The summed E-state index contributed by atoms with van der Waals surface area (Å²) in [4.78, 5) is 11.0. The van der Waals surface area contributed by atoms with Gasteiger partial charge in [-0.15, -0.1) is 0 Å². The number of ketones is 1. The lowest BCUT2D eigenvalue weighted by Crippen LogP contribution is -2.35. The highest BCUT2D eigenvalue weighted by Gasteiger charge is 2.39. The van der Waals surface area contributed by atoms with E-state index in [1.807, 2.05) is 21.1 Å². The van der Waals surface area contributed by atoms with E-state index in [0.29, 0.717) is 10.2 Å². The van der Waals surface area contributed by atoms with E-state index in [2.05, 4.69) is 0 Å². The van der Waals surface area contributed by atoms with Crippen molar-refractivity contribution in [1.29, 1.82) is 0 Å². The van der Waals surface area contributed by atoms with Crippen molar-refractivity contribution in [2.75, 3.05) is 21.1 Å². The van der Waals surface area contributed by atoms with Crippen molar-refractivity contribution < 1.29 is 18.0 Å². The molecule has 0 N–H and O–H groups in total. The maximum absolute atomic E-state index is 12.2. The fraction of sp³-hybridized carbons (Fsp3) is 0.364. The van der Waals surface area contributed by atoms with Crippen LogP contribution in [0.25, 0.3) is 0 Å². The van der Waals surface area contributed by atoms with Gasteiger partial charge in [0.1, 0.15) is 5.69 Å². The Labute approximate surface area is 91.9 Å². The Balaban J connectivity index is 3.14. The molecule has 0 aromatic heterocycles. The number of hydrogen-bond donors (Lipinski definition) is 0. The van der Waals surface area contributed by atoms with E-state index < -0.39 is 12.0 Å². The molecular weight excluding hydrogens is 219 g/mol. The number of alkyl halides is 3. The molecule has 88 valence electrons. The highest BCUT2D eigenvalue weighted by atomic mass is 19.4. The molecular formula is C11H13F3NO+. The van der Waals surface area contributed by atoms with E-state index in [9.17, 15) is 18.0 Å². The maximum Gasteiger partial charge on any atom is 0.454 e. The minimum absolute atomic E-state index is 0.321. The summed E-state index contributed by atoms with van der Waals surface area (Å²) in [5.41, 5.74) is 0.327. The van der Waals surface area contributed by atoms with E-state index in [1.165, 1.54) is 18.2 Å². The molecule has 0 unspecified atom stereocenters. The van der Waals surface area contributed by atoms with Gasteiger partial charge in [-0.05, 0) is 6.07 Å². The number of Topliss-reactive ketones (excluding diaryl/α,β-unsaturated/α-hetero) is 1. The monoisotopic (exact) mass is 232 g/mol. The number of hydrogen-bond acceptors (Lipinski definition) is 1. The van der Waals surface area contributed by atoms with E-state index >= 15 is 0 Å². The first-order valence-electron chi connectivity index (χ1n) is 4.66. The molecule has 0 aliphatic carbocycles. The molecule has 0 aliphatic rings. The predicted molar refractivity (Wildman–Crippen MR) is 56.4 cm³/mol. The molecule has 1 aromatic carbocycles. The van der Waals surface area contributed by atoms with Crippen molar-refractivity contribution in [2.24, 2.45) is 0 Å². The van der Waals surface area contributed by atoms with Gasteiger partial charge in [0.25, 0.3) is 5.78 Å². The fourth-order valence-electron chi connectivity index (χ4n) is 1.23. The van der Waals surface area contributed by atoms with Gasteiger partial charge in [-0.25, -0.2) is 0 Å². The van der Waals surface area contributed by atoms with Crippen LogP contribution in [-0.2, 0) is 0 Å². The smallest absolute Gasteiger partial charge is 0.298 e. The molecule has 1 aromatic rings. The summed E-state index contributed by atoms with van der Waals surface area (Å²) < 4.78 is 37.0. The summed E-state index contributed by atoms with van der Waals surface area (Å²) in [7, 11) is 5.45. The Hall–Kier alpha value is -1.36. The summed E-state index contributed by atoms with van der Waals surface area (Å²) in [5.74, 6) is -1.80. The average Bonchev–Trinajstić information content (AvgIpc) is 2.14. The van der Waals surface area contributed by atoms with E-state index in [1.54, 1.807) is 6.07 Å². The van der Waals surface area contributed by atoms with Gasteiger partial charge in [0.05, 0.1) is 21.1 Å². The van der Waals surface area contributed by atoms with Crippen molar-refractivity contribution in [3.63, 3.8) is 0 Å². The molecule has 0 bridgehead atoms. The lowest BCUT2D eigenvalue weighted by molar-refractivity contribution is -0.0885. The Bertz CT molecular complexity index is 404. The maximum atomic E-state index is 12.2. The molecule has 0 saturated heterocycles. The topological polar surface area (TPSA) is 17.1 Å². The van der Waals surface area contributed by atoms with Crippen molar-refractivity contribution in [3.8, 4) is 0 Å². The van der Waals surface area contributed by atoms with Crippen molar-refractivity contribution in [1.82, 2.24) is 4.48 Å². The molecule has 1 rings (SSSR count). The lowest BCUT2D eigenvalue weighted by Gasteiger charge is -2.23. The Morgan fingerprint density at radius 1 is 1.19 bits per heavy atom. The third-order valence-electron chi connectivity index (χ3n) is 2.14. The van der Waals surface area contributed by atoms with Gasteiger partial charge in [0.15, 0.2) is 0 Å². The van der Waals surface area contributed by atoms with Crippen LogP contribution in [-0.4, -0.2) is 33.1 Å². The molecule has 0 atom stereocenters. The van der Waals surface area contributed by atoms with Crippen LogP contribution in [0, 0.1) is 0 Å². The molecule has 0 aliphatic heterocycles. The number of halogens is 3. The first-order valence-corrected chi connectivity index (χ1v) is 4.66. The number of carbonyl (C=O) groups excluding carboxylic acids is 1. The highest BCUT2D eigenvalue weighted by Crippen LogP contribution is 2.25. The Kier molecular flexibility index (Phi) is 3.10. The second kappa shape index (κ2) is 3.90. The summed E-state index contributed by atoms with van der Waals surface area (Å²) >= 11 is 0. The van der Waals surface area contributed by atoms with Crippen LogP contribution < -0.4 is 4.48 Å². The summed E-state index contributed by atoms with van der Waals surface area (Å²) in [6, 6.07) is 5.59.